The van der Waals surface area contributed by atoms with Crippen LogP contribution in [0.3, 0.4) is 0 Å². The van der Waals surface area contributed by atoms with E-state index >= 15 is 0 Å². The van der Waals surface area contributed by atoms with Crippen molar-refractivity contribution in [3.8, 4) is 11.8 Å². The summed E-state index contributed by atoms with van der Waals surface area (Å²) in [4.78, 5) is 2.40. The molecule has 1 saturated heterocycles. The first-order valence-electron chi connectivity index (χ1n) is 6.98. The molecule has 0 aromatic carbocycles. The Morgan fingerprint density at radius 1 is 1.06 bits per heavy atom. The van der Waals surface area contributed by atoms with Gasteiger partial charge in [0.05, 0.1) is 18.8 Å². The average molecular weight is 251 g/mol. The Bertz CT molecular complexity index is 305. The lowest BCUT2D eigenvalue weighted by Crippen LogP contribution is -2.49. The van der Waals surface area contributed by atoms with Gasteiger partial charge >= 0.3 is 0 Å². The van der Waals surface area contributed by atoms with Crippen LogP contribution in [0.15, 0.2) is 0 Å². The molecule has 0 aliphatic carbocycles. The van der Waals surface area contributed by atoms with Crippen molar-refractivity contribution in [3.63, 3.8) is 0 Å². The fraction of sp³-hybridized carbons (Fsp3) is 0.875. The molecule has 1 fully saturated rings. The molecule has 0 aromatic heterocycles. The molecule has 1 aliphatic rings. The first-order valence-corrected chi connectivity index (χ1v) is 6.98. The van der Waals surface area contributed by atoms with E-state index in [1.54, 1.807) is 0 Å². The van der Waals surface area contributed by atoms with Gasteiger partial charge in [0.2, 0.25) is 0 Å². The second-order valence-corrected chi connectivity index (χ2v) is 7.57. The molecule has 0 N–H and O–H groups in total. The van der Waals surface area contributed by atoms with E-state index in [2.05, 4.69) is 58.3 Å². The Kier molecular flexibility index (Phi) is 5.25. The van der Waals surface area contributed by atoms with Crippen LogP contribution in [0, 0.1) is 23.2 Å². The molecule has 1 aliphatic heterocycles. The van der Waals surface area contributed by atoms with Crippen molar-refractivity contribution in [2.24, 2.45) is 11.3 Å². The molecule has 0 saturated carbocycles. The average Bonchev–Trinajstić information content (AvgIpc) is 2.09. The maximum absolute atomic E-state index is 5.79. The molecular formula is C16H29NO. The van der Waals surface area contributed by atoms with Crippen LogP contribution in [-0.4, -0.2) is 36.7 Å². The summed E-state index contributed by atoms with van der Waals surface area (Å²) in [5.74, 6) is 7.25. The third-order valence-electron chi connectivity index (χ3n) is 2.83. The minimum Gasteiger partial charge on any atom is -0.375 e. The molecule has 0 unspecified atom stereocenters. The molecule has 0 spiro atoms. The third-order valence-corrected chi connectivity index (χ3v) is 2.83. The molecule has 0 radical (unpaired) electrons. The van der Waals surface area contributed by atoms with Crippen LogP contribution in [0.5, 0.6) is 0 Å². The fourth-order valence-corrected chi connectivity index (χ4v) is 1.77. The van der Waals surface area contributed by atoms with E-state index in [0.717, 1.165) is 32.7 Å². The summed E-state index contributed by atoms with van der Waals surface area (Å²) in [6, 6.07) is 0. The van der Waals surface area contributed by atoms with E-state index in [-0.39, 0.29) is 5.60 Å². The predicted octanol–water partition coefficient (Wildman–Crippen LogP) is 3.17. The minimum absolute atomic E-state index is 0.00701. The number of ether oxygens (including phenoxy) is 1. The lowest BCUT2D eigenvalue weighted by Gasteiger charge is -2.39. The van der Waals surface area contributed by atoms with Crippen molar-refractivity contribution >= 4 is 0 Å². The van der Waals surface area contributed by atoms with Gasteiger partial charge in [-0.3, -0.25) is 4.90 Å². The Balaban J connectivity index is 2.09. The molecule has 1 rings (SSSR count). The van der Waals surface area contributed by atoms with Crippen molar-refractivity contribution in [2.45, 2.75) is 53.6 Å². The molecule has 0 atom stereocenters. The second-order valence-electron chi connectivity index (χ2n) is 7.57. The fourth-order valence-electron chi connectivity index (χ4n) is 1.77. The summed E-state index contributed by atoms with van der Waals surface area (Å²) in [6.07, 6.45) is 0.984. The molecule has 0 aromatic rings. The Morgan fingerprint density at radius 3 is 2.17 bits per heavy atom. The van der Waals surface area contributed by atoms with E-state index in [1.165, 1.54) is 0 Å². The van der Waals surface area contributed by atoms with Crippen LogP contribution in [0.1, 0.15) is 48.0 Å². The third kappa shape index (κ3) is 7.03. The van der Waals surface area contributed by atoms with Crippen molar-refractivity contribution in [2.75, 3.05) is 26.2 Å². The number of likely N-dealkylation sites (tertiary alicyclic amines) is 1. The van der Waals surface area contributed by atoms with Crippen LogP contribution < -0.4 is 0 Å². The van der Waals surface area contributed by atoms with Crippen LogP contribution in [0.4, 0.5) is 0 Å². The molecule has 104 valence electrons. The quantitative estimate of drug-likeness (QED) is 0.714. The van der Waals surface area contributed by atoms with Gasteiger partial charge in [0.1, 0.15) is 0 Å². The van der Waals surface area contributed by atoms with Gasteiger partial charge in [-0.2, -0.15) is 0 Å². The van der Waals surface area contributed by atoms with Gasteiger partial charge in [-0.1, -0.05) is 26.7 Å². The van der Waals surface area contributed by atoms with Crippen molar-refractivity contribution in [1.29, 1.82) is 0 Å². The van der Waals surface area contributed by atoms with Crippen molar-refractivity contribution < 1.29 is 4.74 Å². The molecule has 18 heavy (non-hydrogen) atoms. The summed E-state index contributed by atoms with van der Waals surface area (Å²) in [5.41, 5.74) is 0.317. The highest BCUT2D eigenvalue weighted by Crippen LogP contribution is 2.19. The van der Waals surface area contributed by atoms with E-state index < -0.39 is 0 Å². The Hall–Kier alpha value is -0.520. The topological polar surface area (TPSA) is 12.5 Å². The van der Waals surface area contributed by atoms with Gasteiger partial charge in [-0.15, -0.1) is 5.92 Å². The zero-order valence-corrected chi connectivity index (χ0v) is 13.0. The number of rotatable bonds is 3. The minimum atomic E-state index is -0.00701. The summed E-state index contributed by atoms with van der Waals surface area (Å²) in [6.45, 7) is 17.1. The van der Waals surface area contributed by atoms with Gasteiger partial charge in [0.15, 0.2) is 0 Å². The number of hydrogen-bond donors (Lipinski definition) is 0. The molecular weight excluding hydrogens is 222 g/mol. The zero-order valence-electron chi connectivity index (χ0n) is 13.0. The molecule has 2 nitrogen and oxygen atoms in total. The van der Waals surface area contributed by atoms with Crippen LogP contribution in [0.25, 0.3) is 0 Å². The van der Waals surface area contributed by atoms with Crippen LogP contribution >= 0.6 is 0 Å². The van der Waals surface area contributed by atoms with Crippen LogP contribution in [-0.2, 0) is 4.74 Å². The Labute approximate surface area is 113 Å². The normalized spacial score (nSPS) is 18.1. The van der Waals surface area contributed by atoms with Gasteiger partial charge in [-0.25, -0.2) is 0 Å². The summed E-state index contributed by atoms with van der Waals surface area (Å²) in [7, 11) is 0. The maximum atomic E-state index is 5.79. The standard InChI is InChI=1S/C16H29NO/c1-15(2,3)9-7-8-10-17-11-14(12-17)13-18-16(4,5)6/h14H,9-13H2,1-6H3. The SMILES string of the molecule is CC(C)(C)CC#CCN1CC(COC(C)(C)C)C1. The van der Waals surface area contributed by atoms with Gasteiger partial charge in [-0.05, 0) is 26.2 Å². The lowest BCUT2D eigenvalue weighted by molar-refractivity contribution is -0.0535. The molecule has 0 amide bonds. The van der Waals surface area contributed by atoms with E-state index in [9.17, 15) is 0 Å². The lowest BCUT2D eigenvalue weighted by atomic mass is 9.93. The van der Waals surface area contributed by atoms with E-state index in [1.807, 2.05) is 0 Å². The smallest absolute Gasteiger partial charge is 0.0601 e. The molecule has 2 heteroatoms. The number of hydrogen-bond acceptors (Lipinski definition) is 2. The van der Waals surface area contributed by atoms with E-state index in [0.29, 0.717) is 11.3 Å². The van der Waals surface area contributed by atoms with Crippen molar-refractivity contribution in [3.05, 3.63) is 0 Å². The molecule has 0 bridgehead atoms. The molecule has 1 heterocycles. The first-order chi connectivity index (χ1) is 8.16. The van der Waals surface area contributed by atoms with Gasteiger partial charge < -0.3 is 4.74 Å². The monoisotopic (exact) mass is 251 g/mol. The summed E-state index contributed by atoms with van der Waals surface area (Å²) >= 11 is 0. The van der Waals surface area contributed by atoms with Crippen molar-refractivity contribution in [1.82, 2.24) is 4.90 Å². The maximum Gasteiger partial charge on any atom is 0.0601 e. The summed E-state index contributed by atoms with van der Waals surface area (Å²) in [5, 5.41) is 0. The second kappa shape index (κ2) is 6.08. The van der Waals surface area contributed by atoms with E-state index in [4.69, 9.17) is 4.74 Å². The zero-order chi connectivity index (χ0) is 13.8. The highest BCUT2D eigenvalue weighted by atomic mass is 16.5. The summed E-state index contributed by atoms with van der Waals surface area (Å²) < 4.78 is 5.79. The number of nitrogens with zero attached hydrogens (tertiary/aromatic N) is 1. The Morgan fingerprint density at radius 2 is 1.67 bits per heavy atom. The largest absolute Gasteiger partial charge is 0.375 e. The highest BCUT2D eigenvalue weighted by Gasteiger charge is 2.27. The van der Waals surface area contributed by atoms with Crippen LogP contribution in [0.2, 0.25) is 0 Å². The van der Waals surface area contributed by atoms with Gasteiger partial charge in [0.25, 0.3) is 0 Å². The highest BCUT2D eigenvalue weighted by molar-refractivity contribution is 5.04. The van der Waals surface area contributed by atoms with Gasteiger partial charge in [0, 0.05) is 25.4 Å². The first kappa shape index (κ1) is 15.5. The predicted molar refractivity (Wildman–Crippen MR) is 77.5 cm³/mol.